The third-order valence-electron chi connectivity index (χ3n) is 2.18. The molecule has 0 aliphatic heterocycles. The quantitative estimate of drug-likeness (QED) is 0.524. The average molecular weight is 166 g/mol. The summed E-state index contributed by atoms with van der Waals surface area (Å²) >= 11 is 0. The summed E-state index contributed by atoms with van der Waals surface area (Å²) in [6.07, 6.45) is 8.35. The maximum Gasteiger partial charge on any atom is 0.0771 e. The van der Waals surface area contributed by atoms with Gasteiger partial charge < -0.3 is 0 Å². The Labute approximate surface area is 71.0 Å². The summed E-state index contributed by atoms with van der Waals surface area (Å²) in [6, 6.07) is 0. The van der Waals surface area contributed by atoms with Crippen LogP contribution in [0.2, 0.25) is 19.6 Å². The molecule has 0 heterocycles. The molecule has 1 rings (SSSR count). The van der Waals surface area contributed by atoms with Gasteiger partial charge in [-0.15, -0.1) is 0 Å². The van der Waals surface area contributed by atoms with Gasteiger partial charge in [0.2, 0.25) is 0 Å². The Balaban J connectivity index is 2.71. The molecule has 62 valence electrons. The van der Waals surface area contributed by atoms with Gasteiger partial charge in [-0.25, -0.2) is 0 Å². The van der Waals surface area contributed by atoms with Crippen molar-refractivity contribution in [2.24, 2.45) is 5.92 Å². The minimum atomic E-state index is -1.01. The maximum atomic E-state index is 2.43. The van der Waals surface area contributed by atoms with E-state index >= 15 is 0 Å². The summed E-state index contributed by atoms with van der Waals surface area (Å²) in [5.74, 6) is 0.759. The van der Waals surface area contributed by atoms with Crippen molar-refractivity contribution >= 4 is 8.07 Å². The van der Waals surface area contributed by atoms with Crippen LogP contribution < -0.4 is 0 Å². The summed E-state index contributed by atoms with van der Waals surface area (Å²) in [6.45, 7) is 9.48. The lowest BCUT2D eigenvalue weighted by Crippen LogP contribution is -2.24. The fourth-order valence-electron chi connectivity index (χ4n) is 1.28. The molecule has 1 aliphatic carbocycles. The van der Waals surface area contributed by atoms with Gasteiger partial charge in [0.05, 0.1) is 8.07 Å². The first-order valence-corrected chi connectivity index (χ1v) is 7.89. The SMILES string of the molecule is C[C@@H]1C=CC([Si](C)(C)C)=CC1. The molecule has 11 heavy (non-hydrogen) atoms. The largest absolute Gasteiger partial charge is 0.0847 e. The molecule has 0 N–H and O–H groups in total. The smallest absolute Gasteiger partial charge is 0.0771 e. The van der Waals surface area contributed by atoms with E-state index in [1.165, 1.54) is 6.42 Å². The van der Waals surface area contributed by atoms with Crippen molar-refractivity contribution in [3.8, 4) is 0 Å². The van der Waals surface area contributed by atoms with Crippen LogP contribution in [0.25, 0.3) is 0 Å². The van der Waals surface area contributed by atoms with Crippen LogP contribution in [0.15, 0.2) is 23.4 Å². The van der Waals surface area contributed by atoms with Crippen molar-refractivity contribution in [1.82, 2.24) is 0 Å². The molecule has 0 bridgehead atoms. The van der Waals surface area contributed by atoms with Crippen molar-refractivity contribution in [3.63, 3.8) is 0 Å². The van der Waals surface area contributed by atoms with Crippen LogP contribution in [-0.4, -0.2) is 8.07 Å². The van der Waals surface area contributed by atoms with Gasteiger partial charge in [-0.1, -0.05) is 50.0 Å². The Kier molecular flexibility index (Phi) is 2.38. The van der Waals surface area contributed by atoms with Gasteiger partial charge in [0.1, 0.15) is 0 Å². The zero-order chi connectivity index (χ0) is 8.48. The van der Waals surface area contributed by atoms with Gasteiger partial charge in [-0.3, -0.25) is 0 Å². The lowest BCUT2D eigenvalue weighted by atomic mass is 10.0. The molecule has 0 nitrogen and oxygen atoms in total. The molecule has 0 aromatic carbocycles. The molecule has 0 radical (unpaired) electrons. The first kappa shape index (κ1) is 8.79. The molecule has 0 unspecified atom stereocenters. The van der Waals surface area contributed by atoms with Crippen molar-refractivity contribution < 1.29 is 0 Å². The fraction of sp³-hybridized carbons (Fsp3) is 0.600. The maximum absolute atomic E-state index is 2.43. The van der Waals surface area contributed by atoms with E-state index in [4.69, 9.17) is 0 Å². The number of hydrogen-bond acceptors (Lipinski definition) is 0. The molecule has 0 spiro atoms. The monoisotopic (exact) mass is 166 g/mol. The van der Waals surface area contributed by atoms with Crippen molar-refractivity contribution in [1.29, 1.82) is 0 Å². The molecule has 1 atom stereocenters. The Morgan fingerprint density at radius 3 is 2.36 bits per heavy atom. The topological polar surface area (TPSA) is 0 Å². The summed E-state index contributed by atoms with van der Waals surface area (Å²) in [5.41, 5.74) is 0. The Morgan fingerprint density at radius 2 is 2.00 bits per heavy atom. The van der Waals surface area contributed by atoms with E-state index in [-0.39, 0.29) is 0 Å². The van der Waals surface area contributed by atoms with Gasteiger partial charge in [0.15, 0.2) is 0 Å². The molecule has 0 amide bonds. The molecular formula is C10H18Si. The number of rotatable bonds is 1. The van der Waals surface area contributed by atoms with Crippen molar-refractivity contribution in [2.45, 2.75) is 33.0 Å². The van der Waals surface area contributed by atoms with E-state index in [1.807, 2.05) is 0 Å². The first-order chi connectivity index (χ1) is 5.00. The zero-order valence-electron chi connectivity index (χ0n) is 8.02. The minimum Gasteiger partial charge on any atom is -0.0847 e. The van der Waals surface area contributed by atoms with E-state index in [0.717, 1.165) is 5.92 Å². The van der Waals surface area contributed by atoms with Crippen LogP contribution in [0.1, 0.15) is 13.3 Å². The number of hydrogen-bond donors (Lipinski definition) is 0. The third-order valence-corrected chi connectivity index (χ3v) is 4.28. The lowest BCUT2D eigenvalue weighted by Gasteiger charge is -2.21. The summed E-state index contributed by atoms with van der Waals surface area (Å²) in [7, 11) is -1.01. The van der Waals surface area contributed by atoms with E-state index in [2.05, 4.69) is 44.8 Å². The summed E-state index contributed by atoms with van der Waals surface area (Å²) in [5, 5.41) is 1.62. The van der Waals surface area contributed by atoms with Crippen LogP contribution in [0.5, 0.6) is 0 Å². The van der Waals surface area contributed by atoms with E-state index in [1.54, 1.807) is 5.20 Å². The average Bonchev–Trinajstić information content (AvgIpc) is 1.86. The molecule has 0 fully saturated rings. The Bertz CT molecular complexity index is 193. The van der Waals surface area contributed by atoms with Gasteiger partial charge >= 0.3 is 0 Å². The van der Waals surface area contributed by atoms with E-state index < -0.39 is 8.07 Å². The second-order valence-electron chi connectivity index (χ2n) is 4.48. The van der Waals surface area contributed by atoms with E-state index in [0.29, 0.717) is 0 Å². The van der Waals surface area contributed by atoms with Crippen LogP contribution >= 0.6 is 0 Å². The highest BCUT2D eigenvalue weighted by atomic mass is 28.3. The van der Waals surface area contributed by atoms with Crippen molar-refractivity contribution in [2.75, 3.05) is 0 Å². The first-order valence-electron chi connectivity index (χ1n) is 4.39. The third kappa shape index (κ3) is 2.33. The highest BCUT2D eigenvalue weighted by molar-refractivity contribution is 6.83. The standard InChI is InChI=1S/C10H18Si/c1-9-5-7-10(8-6-9)11(2,3)4/h5,7-9H,6H2,1-4H3/t9-/m1/s1. The van der Waals surface area contributed by atoms with Crippen LogP contribution in [0.4, 0.5) is 0 Å². The predicted octanol–water partition coefficient (Wildman–Crippen LogP) is 3.39. The Hall–Kier alpha value is -0.303. The molecule has 1 aliphatic rings. The molecule has 0 aromatic rings. The summed E-state index contributed by atoms with van der Waals surface area (Å²) in [4.78, 5) is 0. The predicted molar refractivity (Wildman–Crippen MR) is 54.4 cm³/mol. The highest BCUT2D eigenvalue weighted by Crippen LogP contribution is 2.23. The van der Waals surface area contributed by atoms with Crippen LogP contribution in [0.3, 0.4) is 0 Å². The minimum absolute atomic E-state index is 0.759. The van der Waals surface area contributed by atoms with Crippen LogP contribution in [0, 0.1) is 5.92 Å². The highest BCUT2D eigenvalue weighted by Gasteiger charge is 2.18. The van der Waals surface area contributed by atoms with Crippen molar-refractivity contribution in [3.05, 3.63) is 23.4 Å². The lowest BCUT2D eigenvalue weighted by molar-refractivity contribution is 0.734. The molecule has 0 aromatic heterocycles. The second kappa shape index (κ2) is 2.98. The summed E-state index contributed by atoms with van der Waals surface area (Å²) < 4.78 is 0. The number of allylic oxidation sites excluding steroid dienone is 4. The molecule has 0 saturated carbocycles. The van der Waals surface area contributed by atoms with E-state index in [9.17, 15) is 0 Å². The van der Waals surface area contributed by atoms with Gasteiger partial charge in [-0.05, 0) is 12.3 Å². The normalized spacial score (nSPS) is 25.1. The molecule has 0 saturated heterocycles. The zero-order valence-corrected chi connectivity index (χ0v) is 9.02. The van der Waals surface area contributed by atoms with Crippen LogP contribution in [-0.2, 0) is 0 Å². The second-order valence-corrected chi connectivity index (χ2v) is 9.56. The molecular weight excluding hydrogens is 148 g/mol. The fourth-order valence-corrected chi connectivity index (χ4v) is 2.61. The van der Waals surface area contributed by atoms with Gasteiger partial charge in [-0.2, -0.15) is 0 Å². The van der Waals surface area contributed by atoms with Gasteiger partial charge in [0, 0.05) is 0 Å². The van der Waals surface area contributed by atoms with Gasteiger partial charge in [0.25, 0.3) is 0 Å². The molecule has 1 heteroatoms. The Morgan fingerprint density at radius 1 is 1.36 bits per heavy atom.